The van der Waals surface area contributed by atoms with Crippen LogP contribution in [0.3, 0.4) is 0 Å². The van der Waals surface area contributed by atoms with Crippen molar-refractivity contribution in [1.82, 2.24) is 14.5 Å². The zero-order valence-electron chi connectivity index (χ0n) is 13.2. The van der Waals surface area contributed by atoms with Crippen molar-refractivity contribution in [2.75, 3.05) is 13.1 Å². The van der Waals surface area contributed by atoms with E-state index in [0.29, 0.717) is 18.7 Å². The molecule has 0 spiro atoms. The number of carboxylic acids is 1. The van der Waals surface area contributed by atoms with Crippen molar-refractivity contribution in [2.24, 2.45) is 5.92 Å². The SMILES string of the molecule is CCn1cnc2cc(C(=O)N3CCC[C@H](CC(=O)O)C3)ccc21. The second kappa shape index (κ2) is 6.40. The molecule has 1 fully saturated rings. The van der Waals surface area contributed by atoms with Crippen molar-refractivity contribution in [3.63, 3.8) is 0 Å². The number of aromatic nitrogens is 2. The average molecular weight is 315 g/mol. The number of carbonyl (C=O) groups excluding carboxylic acids is 1. The van der Waals surface area contributed by atoms with Crippen LogP contribution in [-0.4, -0.2) is 44.5 Å². The maximum absolute atomic E-state index is 12.7. The summed E-state index contributed by atoms with van der Waals surface area (Å²) in [6.07, 6.45) is 3.64. The van der Waals surface area contributed by atoms with E-state index in [9.17, 15) is 9.59 Å². The van der Waals surface area contributed by atoms with Crippen LogP contribution in [0.4, 0.5) is 0 Å². The minimum Gasteiger partial charge on any atom is -0.481 e. The van der Waals surface area contributed by atoms with Gasteiger partial charge in [-0.3, -0.25) is 9.59 Å². The number of piperidine rings is 1. The molecule has 1 aromatic carbocycles. The highest BCUT2D eigenvalue weighted by molar-refractivity contribution is 5.97. The molecule has 1 amide bonds. The third kappa shape index (κ3) is 3.21. The Labute approximate surface area is 134 Å². The van der Waals surface area contributed by atoms with Crippen LogP contribution in [-0.2, 0) is 11.3 Å². The van der Waals surface area contributed by atoms with Crippen molar-refractivity contribution in [3.8, 4) is 0 Å². The van der Waals surface area contributed by atoms with Gasteiger partial charge < -0.3 is 14.6 Å². The normalized spacial score (nSPS) is 18.3. The summed E-state index contributed by atoms with van der Waals surface area (Å²) in [4.78, 5) is 29.7. The van der Waals surface area contributed by atoms with E-state index in [1.54, 1.807) is 11.2 Å². The summed E-state index contributed by atoms with van der Waals surface area (Å²) >= 11 is 0. The zero-order valence-corrected chi connectivity index (χ0v) is 13.2. The Bertz CT molecular complexity index is 738. The van der Waals surface area contributed by atoms with Crippen LogP contribution in [0.5, 0.6) is 0 Å². The molecule has 1 aliphatic heterocycles. The highest BCUT2D eigenvalue weighted by atomic mass is 16.4. The van der Waals surface area contributed by atoms with Crippen LogP contribution >= 0.6 is 0 Å². The number of rotatable bonds is 4. The monoisotopic (exact) mass is 315 g/mol. The predicted octanol–water partition coefficient (Wildman–Crippen LogP) is 2.38. The van der Waals surface area contributed by atoms with Gasteiger partial charge in [-0.25, -0.2) is 4.98 Å². The molecular formula is C17H21N3O3. The molecule has 0 radical (unpaired) electrons. The molecule has 1 saturated heterocycles. The number of aryl methyl sites for hydroxylation is 1. The first-order valence-corrected chi connectivity index (χ1v) is 8.04. The van der Waals surface area contributed by atoms with Crippen LogP contribution in [0.25, 0.3) is 11.0 Å². The Hall–Kier alpha value is -2.37. The zero-order chi connectivity index (χ0) is 16.4. The van der Waals surface area contributed by atoms with Crippen LogP contribution < -0.4 is 0 Å². The fraction of sp³-hybridized carbons (Fsp3) is 0.471. The summed E-state index contributed by atoms with van der Waals surface area (Å²) in [5.41, 5.74) is 2.46. The van der Waals surface area contributed by atoms with Gasteiger partial charge in [0.05, 0.1) is 17.4 Å². The van der Waals surface area contributed by atoms with Gasteiger partial charge in [0.25, 0.3) is 5.91 Å². The summed E-state index contributed by atoms with van der Waals surface area (Å²) in [5, 5.41) is 8.94. The minimum absolute atomic E-state index is 0.0342. The molecule has 2 aromatic rings. The van der Waals surface area contributed by atoms with Gasteiger partial charge in [0.15, 0.2) is 0 Å². The number of nitrogens with zero attached hydrogens (tertiary/aromatic N) is 3. The fourth-order valence-corrected chi connectivity index (χ4v) is 3.29. The quantitative estimate of drug-likeness (QED) is 0.940. The molecule has 0 bridgehead atoms. The Balaban J connectivity index is 1.78. The lowest BCUT2D eigenvalue weighted by Crippen LogP contribution is -2.40. The Kier molecular flexibility index (Phi) is 4.32. The van der Waals surface area contributed by atoms with Gasteiger partial charge in [-0.2, -0.15) is 0 Å². The van der Waals surface area contributed by atoms with E-state index in [1.807, 2.05) is 22.8 Å². The lowest BCUT2D eigenvalue weighted by atomic mass is 9.94. The van der Waals surface area contributed by atoms with Gasteiger partial charge in [-0.15, -0.1) is 0 Å². The summed E-state index contributed by atoms with van der Waals surface area (Å²) in [7, 11) is 0. The lowest BCUT2D eigenvalue weighted by molar-refractivity contribution is -0.138. The second-order valence-electron chi connectivity index (χ2n) is 6.09. The summed E-state index contributed by atoms with van der Waals surface area (Å²) in [6.45, 7) is 4.10. The maximum Gasteiger partial charge on any atom is 0.303 e. The van der Waals surface area contributed by atoms with E-state index in [0.717, 1.165) is 30.4 Å². The molecule has 0 saturated carbocycles. The van der Waals surface area contributed by atoms with E-state index in [-0.39, 0.29) is 18.2 Å². The first-order valence-electron chi connectivity index (χ1n) is 8.04. The highest BCUT2D eigenvalue weighted by Crippen LogP contribution is 2.22. The second-order valence-corrected chi connectivity index (χ2v) is 6.09. The molecule has 6 heteroatoms. The lowest BCUT2D eigenvalue weighted by Gasteiger charge is -2.32. The highest BCUT2D eigenvalue weighted by Gasteiger charge is 2.26. The number of imidazole rings is 1. The van der Waals surface area contributed by atoms with Gasteiger partial charge in [0.1, 0.15) is 0 Å². The predicted molar refractivity (Wildman–Crippen MR) is 86.3 cm³/mol. The van der Waals surface area contributed by atoms with Crippen molar-refractivity contribution < 1.29 is 14.7 Å². The third-order valence-electron chi connectivity index (χ3n) is 4.48. The number of likely N-dealkylation sites (tertiary alicyclic amines) is 1. The smallest absolute Gasteiger partial charge is 0.303 e. The fourth-order valence-electron chi connectivity index (χ4n) is 3.29. The van der Waals surface area contributed by atoms with Crippen LogP contribution in [0.15, 0.2) is 24.5 Å². The number of aliphatic carboxylic acids is 1. The minimum atomic E-state index is -0.796. The van der Waals surface area contributed by atoms with Crippen LogP contribution in [0.2, 0.25) is 0 Å². The standard InChI is InChI=1S/C17H21N3O3/c1-2-19-11-18-14-9-13(5-6-15(14)19)17(23)20-7-3-4-12(10-20)8-16(21)22/h5-6,9,11-12H,2-4,7-8,10H2,1H3,(H,21,22)/t12-/m1/s1. The molecule has 3 rings (SSSR count). The summed E-state index contributed by atoms with van der Waals surface area (Å²) in [6, 6.07) is 5.59. The number of fused-ring (bicyclic) bond motifs is 1. The number of hydrogen-bond donors (Lipinski definition) is 1. The van der Waals surface area contributed by atoms with Gasteiger partial charge in [-0.05, 0) is 43.9 Å². The molecule has 1 atom stereocenters. The van der Waals surface area contributed by atoms with Crippen molar-refractivity contribution in [1.29, 1.82) is 0 Å². The molecule has 122 valence electrons. The number of benzene rings is 1. The van der Waals surface area contributed by atoms with Crippen molar-refractivity contribution in [3.05, 3.63) is 30.1 Å². The summed E-state index contributed by atoms with van der Waals surface area (Å²) in [5.74, 6) is -0.780. The Morgan fingerprint density at radius 3 is 2.96 bits per heavy atom. The van der Waals surface area contributed by atoms with Gasteiger partial charge in [0.2, 0.25) is 0 Å². The van der Waals surface area contributed by atoms with Gasteiger partial charge >= 0.3 is 5.97 Å². The van der Waals surface area contributed by atoms with Gasteiger partial charge in [-0.1, -0.05) is 0 Å². The maximum atomic E-state index is 12.7. The molecule has 0 unspecified atom stereocenters. The number of amides is 1. The molecule has 1 aliphatic rings. The largest absolute Gasteiger partial charge is 0.481 e. The van der Waals surface area contributed by atoms with E-state index in [4.69, 9.17) is 5.11 Å². The molecule has 1 N–H and O–H groups in total. The third-order valence-corrected chi connectivity index (χ3v) is 4.48. The van der Waals surface area contributed by atoms with Crippen molar-refractivity contribution >= 4 is 22.9 Å². The topological polar surface area (TPSA) is 75.4 Å². The van der Waals surface area contributed by atoms with Crippen LogP contribution in [0.1, 0.15) is 36.5 Å². The Morgan fingerprint density at radius 2 is 2.22 bits per heavy atom. The average Bonchev–Trinajstić information content (AvgIpc) is 2.96. The summed E-state index contributed by atoms with van der Waals surface area (Å²) < 4.78 is 2.04. The van der Waals surface area contributed by atoms with Gasteiger partial charge in [0, 0.05) is 31.6 Å². The first kappa shape index (κ1) is 15.5. The molecule has 2 heterocycles. The molecule has 0 aliphatic carbocycles. The van der Waals surface area contributed by atoms with Crippen LogP contribution in [0, 0.1) is 5.92 Å². The number of hydrogen-bond acceptors (Lipinski definition) is 3. The first-order chi connectivity index (χ1) is 11.1. The van der Waals surface area contributed by atoms with Crippen molar-refractivity contribution in [2.45, 2.75) is 32.7 Å². The molecule has 1 aromatic heterocycles. The number of carboxylic acid groups (broad SMARTS) is 1. The molecule has 6 nitrogen and oxygen atoms in total. The number of carbonyl (C=O) groups is 2. The molecular weight excluding hydrogens is 294 g/mol. The van der Waals surface area contributed by atoms with E-state index >= 15 is 0 Å². The Morgan fingerprint density at radius 1 is 1.39 bits per heavy atom. The van der Waals surface area contributed by atoms with E-state index in [1.165, 1.54) is 0 Å². The molecule has 23 heavy (non-hydrogen) atoms. The van der Waals surface area contributed by atoms with E-state index in [2.05, 4.69) is 11.9 Å². The van der Waals surface area contributed by atoms with E-state index < -0.39 is 5.97 Å².